The molecule has 9 heavy (non-hydrogen) atoms. The second-order valence-corrected chi connectivity index (χ2v) is 2.62. The van der Waals surface area contributed by atoms with Gasteiger partial charge in [-0.05, 0) is 26.0 Å². The van der Waals surface area contributed by atoms with Crippen LogP contribution in [0.5, 0.6) is 0 Å². The zero-order valence-electron chi connectivity index (χ0n) is 5.95. The monoisotopic (exact) mass is 129 g/mol. The van der Waals surface area contributed by atoms with Gasteiger partial charge in [0, 0.05) is 13.1 Å². The van der Waals surface area contributed by atoms with Gasteiger partial charge in [-0.25, -0.2) is 4.39 Å². The van der Waals surface area contributed by atoms with Gasteiger partial charge in [-0.3, -0.25) is 0 Å². The van der Waals surface area contributed by atoms with Crippen molar-refractivity contribution in [2.24, 2.45) is 0 Å². The molecule has 2 heteroatoms. The van der Waals surface area contributed by atoms with E-state index in [0.29, 0.717) is 0 Å². The third kappa shape index (κ3) is 1.52. The Morgan fingerprint density at radius 3 is 2.56 bits per heavy atom. The summed E-state index contributed by atoms with van der Waals surface area (Å²) < 4.78 is 12.4. The van der Waals surface area contributed by atoms with Crippen LogP contribution in [-0.2, 0) is 0 Å². The zero-order chi connectivity index (χ0) is 6.85. The maximum Gasteiger partial charge on any atom is 0.0974 e. The quantitative estimate of drug-likeness (QED) is 0.480. The van der Waals surface area contributed by atoms with Crippen LogP contribution in [0.15, 0.2) is 11.4 Å². The summed E-state index contributed by atoms with van der Waals surface area (Å²) >= 11 is 0. The first-order chi connectivity index (χ1) is 4.20. The molecule has 0 unspecified atom stereocenters. The van der Waals surface area contributed by atoms with Gasteiger partial charge in [-0.15, -0.1) is 0 Å². The van der Waals surface area contributed by atoms with E-state index in [1.54, 1.807) is 0 Å². The summed E-state index contributed by atoms with van der Waals surface area (Å²) in [6.45, 7) is 3.37. The van der Waals surface area contributed by atoms with Crippen molar-refractivity contribution in [3.05, 3.63) is 11.4 Å². The number of nitrogens with zero attached hydrogens (tertiary/aromatic N) is 1. The maximum absolute atomic E-state index is 12.4. The van der Waals surface area contributed by atoms with Gasteiger partial charge < -0.3 is 4.90 Å². The van der Waals surface area contributed by atoms with E-state index in [2.05, 4.69) is 4.90 Å². The van der Waals surface area contributed by atoms with E-state index in [4.69, 9.17) is 0 Å². The first kappa shape index (κ1) is 6.75. The van der Waals surface area contributed by atoms with Crippen molar-refractivity contribution in [1.29, 1.82) is 0 Å². The fourth-order valence-corrected chi connectivity index (χ4v) is 1.09. The van der Waals surface area contributed by atoms with Crippen molar-refractivity contribution in [2.75, 3.05) is 20.1 Å². The average Bonchev–Trinajstić information content (AvgIpc) is 2.14. The molecule has 0 radical (unpaired) electrons. The van der Waals surface area contributed by atoms with Gasteiger partial charge in [0.15, 0.2) is 0 Å². The normalized spacial score (nSPS) is 27.0. The van der Waals surface area contributed by atoms with Gasteiger partial charge in [0.05, 0.1) is 5.83 Å². The zero-order valence-corrected chi connectivity index (χ0v) is 5.95. The van der Waals surface area contributed by atoms with Crippen LogP contribution >= 0.6 is 0 Å². The lowest BCUT2D eigenvalue weighted by atomic mass is 10.2. The van der Waals surface area contributed by atoms with Crippen LogP contribution in [0.4, 0.5) is 4.39 Å². The van der Waals surface area contributed by atoms with Crippen molar-refractivity contribution in [2.45, 2.75) is 13.3 Å². The molecular formula is C7H12FN. The smallest absolute Gasteiger partial charge is 0.0974 e. The molecule has 0 atom stereocenters. The number of halogens is 1. The molecule has 1 saturated heterocycles. The van der Waals surface area contributed by atoms with E-state index in [1.807, 2.05) is 7.05 Å². The number of hydrogen-bond donors (Lipinski definition) is 0. The molecular weight excluding hydrogens is 117 g/mol. The summed E-state index contributed by atoms with van der Waals surface area (Å²) in [5.41, 5.74) is 0.970. The molecule has 1 aliphatic rings. The Morgan fingerprint density at radius 2 is 2.33 bits per heavy atom. The van der Waals surface area contributed by atoms with Crippen LogP contribution in [0, 0.1) is 0 Å². The standard InChI is InChI=1S/C7H12FN/c1-6(8)7-3-4-9(2)5-7/h3-5H2,1-2H3/b7-6-. The molecule has 0 bridgehead atoms. The van der Waals surface area contributed by atoms with Crippen molar-refractivity contribution < 1.29 is 4.39 Å². The fourth-order valence-electron chi connectivity index (χ4n) is 1.09. The number of likely N-dealkylation sites (tertiary alicyclic amines) is 1. The second kappa shape index (κ2) is 2.48. The van der Waals surface area contributed by atoms with Crippen LogP contribution < -0.4 is 0 Å². The SMILES string of the molecule is C/C(F)=C1\CCN(C)C1. The lowest BCUT2D eigenvalue weighted by Gasteiger charge is -2.02. The van der Waals surface area contributed by atoms with Gasteiger partial charge in [0.1, 0.15) is 0 Å². The predicted molar refractivity (Wildman–Crippen MR) is 35.9 cm³/mol. The average molecular weight is 129 g/mol. The van der Waals surface area contributed by atoms with E-state index in [1.165, 1.54) is 6.92 Å². The van der Waals surface area contributed by atoms with E-state index < -0.39 is 0 Å². The number of rotatable bonds is 0. The highest BCUT2D eigenvalue weighted by Crippen LogP contribution is 2.17. The largest absolute Gasteiger partial charge is 0.302 e. The Bertz CT molecular complexity index is 136. The summed E-state index contributed by atoms with van der Waals surface area (Å²) in [7, 11) is 2.01. The minimum atomic E-state index is 0.0133. The molecule has 0 aromatic carbocycles. The molecule has 0 aromatic heterocycles. The van der Waals surface area contributed by atoms with Crippen LogP contribution in [-0.4, -0.2) is 25.0 Å². The molecule has 0 N–H and O–H groups in total. The lowest BCUT2D eigenvalue weighted by molar-refractivity contribution is 0.423. The molecule has 0 aromatic rings. The Morgan fingerprint density at radius 1 is 1.67 bits per heavy atom. The number of likely N-dealkylation sites (N-methyl/N-ethyl adjacent to an activating group) is 1. The summed E-state index contributed by atoms with van der Waals surface area (Å²) in [5.74, 6) is 0.0133. The molecule has 1 aliphatic heterocycles. The second-order valence-electron chi connectivity index (χ2n) is 2.62. The summed E-state index contributed by atoms with van der Waals surface area (Å²) in [4.78, 5) is 2.12. The minimum Gasteiger partial charge on any atom is -0.302 e. The number of allylic oxidation sites excluding steroid dienone is 1. The Balaban J connectivity index is 2.58. The van der Waals surface area contributed by atoms with Crippen LogP contribution in [0.1, 0.15) is 13.3 Å². The van der Waals surface area contributed by atoms with Gasteiger partial charge in [0.25, 0.3) is 0 Å². The van der Waals surface area contributed by atoms with Crippen LogP contribution in [0.2, 0.25) is 0 Å². The summed E-state index contributed by atoms with van der Waals surface area (Å²) in [6.07, 6.45) is 0.916. The summed E-state index contributed by atoms with van der Waals surface area (Å²) in [6, 6.07) is 0. The fraction of sp³-hybridized carbons (Fsp3) is 0.714. The van der Waals surface area contributed by atoms with Crippen LogP contribution in [0.3, 0.4) is 0 Å². The molecule has 1 nitrogen and oxygen atoms in total. The minimum absolute atomic E-state index is 0.0133. The molecule has 52 valence electrons. The highest BCUT2D eigenvalue weighted by atomic mass is 19.1. The molecule has 1 rings (SSSR count). The molecule has 0 amide bonds. The highest BCUT2D eigenvalue weighted by molar-refractivity contribution is 5.12. The number of hydrogen-bond acceptors (Lipinski definition) is 1. The topological polar surface area (TPSA) is 3.24 Å². The van der Waals surface area contributed by atoms with Gasteiger partial charge >= 0.3 is 0 Å². The Labute approximate surface area is 55.2 Å². The molecule has 1 fully saturated rings. The molecule has 0 aliphatic carbocycles. The van der Waals surface area contributed by atoms with E-state index >= 15 is 0 Å². The van der Waals surface area contributed by atoms with E-state index in [9.17, 15) is 4.39 Å². The third-order valence-corrected chi connectivity index (χ3v) is 1.74. The lowest BCUT2D eigenvalue weighted by Crippen LogP contribution is -2.11. The van der Waals surface area contributed by atoms with Gasteiger partial charge in [-0.1, -0.05) is 0 Å². The third-order valence-electron chi connectivity index (χ3n) is 1.74. The maximum atomic E-state index is 12.4. The summed E-state index contributed by atoms with van der Waals surface area (Å²) in [5, 5.41) is 0. The van der Waals surface area contributed by atoms with Crippen LogP contribution in [0.25, 0.3) is 0 Å². The molecule has 1 heterocycles. The Kier molecular flexibility index (Phi) is 1.86. The van der Waals surface area contributed by atoms with Gasteiger partial charge in [0.2, 0.25) is 0 Å². The predicted octanol–water partition coefficient (Wildman–Crippen LogP) is 1.57. The first-order valence-electron chi connectivity index (χ1n) is 3.23. The molecule has 0 saturated carbocycles. The van der Waals surface area contributed by atoms with Gasteiger partial charge in [-0.2, -0.15) is 0 Å². The first-order valence-corrected chi connectivity index (χ1v) is 3.23. The van der Waals surface area contributed by atoms with E-state index in [0.717, 1.165) is 25.1 Å². The van der Waals surface area contributed by atoms with Crippen molar-refractivity contribution in [1.82, 2.24) is 4.90 Å². The van der Waals surface area contributed by atoms with Crippen molar-refractivity contribution in [3.8, 4) is 0 Å². The van der Waals surface area contributed by atoms with Crippen molar-refractivity contribution >= 4 is 0 Å². The Hall–Kier alpha value is -0.370. The molecule has 0 spiro atoms. The highest BCUT2D eigenvalue weighted by Gasteiger charge is 2.13. The van der Waals surface area contributed by atoms with Crippen molar-refractivity contribution in [3.63, 3.8) is 0 Å². The van der Waals surface area contributed by atoms with E-state index in [-0.39, 0.29) is 5.83 Å².